The van der Waals surface area contributed by atoms with E-state index in [0.29, 0.717) is 41.0 Å². The van der Waals surface area contributed by atoms with Crippen LogP contribution in [-0.4, -0.2) is 35.2 Å². The van der Waals surface area contributed by atoms with Gasteiger partial charge in [0.25, 0.3) is 0 Å². The van der Waals surface area contributed by atoms with Crippen LogP contribution in [0.4, 0.5) is 11.4 Å². The fourth-order valence-electron chi connectivity index (χ4n) is 3.66. The molecule has 2 aromatic carbocycles. The second kappa shape index (κ2) is 8.36. The normalized spacial score (nSPS) is 14.0. The van der Waals surface area contributed by atoms with E-state index in [2.05, 4.69) is 10.4 Å². The van der Waals surface area contributed by atoms with Gasteiger partial charge in [-0.1, -0.05) is 12.1 Å². The summed E-state index contributed by atoms with van der Waals surface area (Å²) >= 11 is 0. The summed E-state index contributed by atoms with van der Waals surface area (Å²) in [6.07, 6.45) is 3.53. The number of carbonyl (C=O) groups excluding carboxylic acids is 2. The van der Waals surface area contributed by atoms with Crippen LogP contribution < -0.4 is 20.4 Å². The molecule has 0 radical (unpaired) electrons. The van der Waals surface area contributed by atoms with Crippen molar-refractivity contribution in [2.45, 2.75) is 25.8 Å². The van der Waals surface area contributed by atoms with Crippen LogP contribution in [-0.2, 0) is 16.1 Å². The highest BCUT2D eigenvalue weighted by Crippen LogP contribution is 2.33. The van der Waals surface area contributed by atoms with Gasteiger partial charge in [0, 0.05) is 24.0 Å². The Morgan fingerprint density at radius 2 is 2.00 bits per heavy atom. The SMILES string of the molecule is COc1ccc(NC(=O)Cn2ncc(=O)c3ccccc32)cc1N1CCCCC1=O. The minimum atomic E-state index is -0.294. The lowest BCUT2D eigenvalue weighted by Gasteiger charge is -2.28. The van der Waals surface area contributed by atoms with Crippen molar-refractivity contribution < 1.29 is 14.3 Å². The molecule has 0 aliphatic carbocycles. The summed E-state index contributed by atoms with van der Waals surface area (Å²) in [5.74, 6) is 0.334. The molecule has 1 fully saturated rings. The van der Waals surface area contributed by atoms with Crippen molar-refractivity contribution in [1.82, 2.24) is 9.78 Å². The number of anilines is 2. The quantitative estimate of drug-likeness (QED) is 0.703. The molecule has 30 heavy (non-hydrogen) atoms. The highest BCUT2D eigenvalue weighted by molar-refractivity contribution is 5.97. The van der Waals surface area contributed by atoms with Gasteiger partial charge in [0.2, 0.25) is 17.2 Å². The summed E-state index contributed by atoms with van der Waals surface area (Å²) in [4.78, 5) is 38.7. The van der Waals surface area contributed by atoms with Crippen LogP contribution in [0.15, 0.2) is 53.5 Å². The average molecular weight is 406 g/mol. The number of para-hydroxylation sites is 1. The molecular weight excluding hydrogens is 384 g/mol. The summed E-state index contributed by atoms with van der Waals surface area (Å²) in [7, 11) is 1.55. The predicted molar refractivity (Wildman–Crippen MR) is 114 cm³/mol. The number of ether oxygens (including phenoxy) is 1. The number of nitrogens with zero attached hydrogens (tertiary/aromatic N) is 3. The number of piperidine rings is 1. The molecule has 1 aliphatic heterocycles. The molecule has 8 nitrogen and oxygen atoms in total. The van der Waals surface area contributed by atoms with Crippen LogP contribution in [0.5, 0.6) is 5.75 Å². The number of hydrogen-bond acceptors (Lipinski definition) is 5. The molecule has 1 N–H and O–H groups in total. The maximum Gasteiger partial charge on any atom is 0.246 e. The van der Waals surface area contributed by atoms with Gasteiger partial charge in [0.05, 0.1) is 24.5 Å². The first-order valence-electron chi connectivity index (χ1n) is 9.80. The molecule has 3 aromatic rings. The lowest BCUT2D eigenvalue weighted by atomic mass is 10.1. The standard InChI is InChI=1S/C22H22N4O4/c1-30-20-10-9-15(12-18(20)25-11-5-4-8-22(25)29)24-21(28)14-26-17-7-3-2-6-16(17)19(27)13-23-26/h2-3,6-7,9-10,12-13H,4-5,8,11,14H2,1H3,(H,24,28). The first kappa shape index (κ1) is 19.6. The van der Waals surface area contributed by atoms with E-state index >= 15 is 0 Å². The topological polar surface area (TPSA) is 93.5 Å². The zero-order valence-corrected chi connectivity index (χ0v) is 16.6. The number of benzene rings is 2. The van der Waals surface area contributed by atoms with Gasteiger partial charge in [-0.15, -0.1) is 0 Å². The smallest absolute Gasteiger partial charge is 0.246 e. The number of fused-ring (bicyclic) bond motifs is 1. The van der Waals surface area contributed by atoms with Gasteiger partial charge in [0.15, 0.2) is 0 Å². The number of rotatable bonds is 5. The minimum Gasteiger partial charge on any atom is -0.495 e. The van der Waals surface area contributed by atoms with Gasteiger partial charge in [-0.25, -0.2) is 0 Å². The Balaban J connectivity index is 1.57. The molecule has 0 bridgehead atoms. The predicted octanol–water partition coefficient (Wildman–Crippen LogP) is 2.56. The Kier molecular flexibility index (Phi) is 5.47. The number of amides is 2. The average Bonchev–Trinajstić information content (AvgIpc) is 2.76. The first-order valence-corrected chi connectivity index (χ1v) is 9.80. The maximum absolute atomic E-state index is 12.7. The Labute approximate surface area is 173 Å². The highest BCUT2D eigenvalue weighted by Gasteiger charge is 2.23. The molecule has 0 unspecified atom stereocenters. The third-order valence-electron chi connectivity index (χ3n) is 5.13. The molecule has 1 aromatic heterocycles. The summed E-state index contributed by atoms with van der Waals surface area (Å²) in [6.45, 7) is 0.574. The number of carbonyl (C=O) groups is 2. The molecule has 1 saturated heterocycles. The van der Waals surface area contributed by atoms with E-state index in [-0.39, 0.29) is 23.8 Å². The van der Waals surface area contributed by atoms with Gasteiger partial charge < -0.3 is 15.0 Å². The molecule has 0 spiro atoms. The Hall–Kier alpha value is -3.68. The monoisotopic (exact) mass is 406 g/mol. The lowest BCUT2D eigenvalue weighted by molar-refractivity contribution is -0.119. The van der Waals surface area contributed by atoms with Crippen molar-refractivity contribution in [3.8, 4) is 5.75 Å². The van der Waals surface area contributed by atoms with E-state index in [0.717, 1.165) is 12.8 Å². The van der Waals surface area contributed by atoms with Gasteiger partial charge >= 0.3 is 0 Å². The van der Waals surface area contributed by atoms with Gasteiger partial charge in [-0.2, -0.15) is 5.10 Å². The van der Waals surface area contributed by atoms with Crippen molar-refractivity contribution in [3.05, 3.63) is 58.9 Å². The van der Waals surface area contributed by atoms with E-state index in [9.17, 15) is 14.4 Å². The number of hydrogen-bond donors (Lipinski definition) is 1. The third-order valence-corrected chi connectivity index (χ3v) is 5.13. The van der Waals surface area contributed by atoms with Crippen LogP contribution in [0, 0.1) is 0 Å². The van der Waals surface area contributed by atoms with Crippen molar-refractivity contribution >= 4 is 34.1 Å². The second-order valence-electron chi connectivity index (χ2n) is 7.12. The van der Waals surface area contributed by atoms with Crippen LogP contribution in [0.25, 0.3) is 10.9 Å². The molecular formula is C22H22N4O4. The molecule has 2 heterocycles. The van der Waals surface area contributed by atoms with Gasteiger partial charge in [-0.3, -0.25) is 19.1 Å². The number of methoxy groups -OCH3 is 1. The van der Waals surface area contributed by atoms with E-state index in [1.165, 1.54) is 10.9 Å². The third kappa shape index (κ3) is 3.89. The minimum absolute atomic E-state index is 0.0481. The van der Waals surface area contributed by atoms with Crippen LogP contribution in [0.1, 0.15) is 19.3 Å². The van der Waals surface area contributed by atoms with E-state index in [1.54, 1.807) is 54.5 Å². The van der Waals surface area contributed by atoms with Crippen molar-refractivity contribution in [1.29, 1.82) is 0 Å². The Morgan fingerprint density at radius 1 is 1.17 bits per heavy atom. The largest absolute Gasteiger partial charge is 0.495 e. The zero-order chi connectivity index (χ0) is 21.1. The molecule has 2 amide bonds. The van der Waals surface area contributed by atoms with Crippen LogP contribution in [0.3, 0.4) is 0 Å². The Bertz CT molecular complexity index is 1170. The summed E-state index contributed by atoms with van der Waals surface area (Å²) < 4.78 is 6.90. The Morgan fingerprint density at radius 3 is 2.80 bits per heavy atom. The molecule has 4 rings (SSSR count). The summed E-state index contributed by atoms with van der Waals surface area (Å²) in [6, 6.07) is 12.2. The molecule has 1 aliphatic rings. The second-order valence-corrected chi connectivity index (χ2v) is 7.12. The van der Waals surface area contributed by atoms with Crippen LogP contribution >= 0.6 is 0 Å². The first-order chi connectivity index (χ1) is 14.6. The number of aromatic nitrogens is 2. The molecule has 8 heteroatoms. The number of nitrogens with one attached hydrogen (secondary N) is 1. The van der Waals surface area contributed by atoms with Crippen molar-refractivity contribution in [2.24, 2.45) is 0 Å². The van der Waals surface area contributed by atoms with E-state index < -0.39 is 0 Å². The van der Waals surface area contributed by atoms with Crippen molar-refractivity contribution in [2.75, 3.05) is 23.9 Å². The molecule has 154 valence electrons. The summed E-state index contributed by atoms with van der Waals surface area (Å²) in [5.41, 5.74) is 1.61. The van der Waals surface area contributed by atoms with Crippen molar-refractivity contribution in [3.63, 3.8) is 0 Å². The van der Waals surface area contributed by atoms with E-state index in [1.807, 2.05) is 0 Å². The van der Waals surface area contributed by atoms with Crippen LogP contribution in [0.2, 0.25) is 0 Å². The summed E-state index contributed by atoms with van der Waals surface area (Å²) in [5, 5.41) is 7.44. The zero-order valence-electron chi connectivity index (χ0n) is 16.6. The van der Waals surface area contributed by atoms with Gasteiger partial charge in [0.1, 0.15) is 12.3 Å². The molecule has 0 atom stereocenters. The maximum atomic E-state index is 12.7. The fourth-order valence-corrected chi connectivity index (χ4v) is 3.66. The highest BCUT2D eigenvalue weighted by atomic mass is 16.5. The molecule has 0 saturated carbocycles. The lowest BCUT2D eigenvalue weighted by Crippen LogP contribution is -2.35. The van der Waals surface area contributed by atoms with Gasteiger partial charge in [-0.05, 0) is 43.2 Å². The fraction of sp³-hybridized carbons (Fsp3) is 0.273. The van der Waals surface area contributed by atoms with E-state index in [4.69, 9.17) is 4.74 Å².